The molecule has 1 saturated carbocycles. The molecule has 1 saturated heterocycles. The maximum absolute atomic E-state index is 12.3. The number of benzene rings is 1. The van der Waals surface area contributed by atoms with Gasteiger partial charge >= 0.3 is 5.97 Å². The predicted molar refractivity (Wildman–Crippen MR) is 84.6 cm³/mol. The highest BCUT2D eigenvalue weighted by Crippen LogP contribution is 2.37. The number of carbonyl (C=O) groups is 1. The third-order valence-corrected chi connectivity index (χ3v) is 4.94. The lowest BCUT2D eigenvalue weighted by molar-refractivity contribution is -0.158. The summed E-state index contributed by atoms with van der Waals surface area (Å²) in [6.45, 7) is 1.69. The fourth-order valence-electron chi connectivity index (χ4n) is 3.71. The first-order chi connectivity index (χ1) is 10.6. The van der Waals surface area contributed by atoms with E-state index >= 15 is 0 Å². The number of rotatable bonds is 4. The lowest BCUT2D eigenvalue weighted by Crippen LogP contribution is -2.26. The molecule has 0 bridgehead atoms. The first kappa shape index (κ1) is 15.5. The van der Waals surface area contributed by atoms with E-state index in [0.717, 1.165) is 43.5 Å². The van der Waals surface area contributed by atoms with Crippen molar-refractivity contribution in [2.24, 2.45) is 0 Å². The van der Waals surface area contributed by atoms with Gasteiger partial charge in [0, 0.05) is 13.1 Å². The molecule has 2 fully saturated rings. The fraction of sp³-hybridized carbons (Fsp3) is 0.611. The van der Waals surface area contributed by atoms with Crippen LogP contribution in [0.3, 0.4) is 0 Å². The Morgan fingerprint density at radius 1 is 1.27 bits per heavy atom. The summed E-state index contributed by atoms with van der Waals surface area (Å²) >= 11 is 0. The average molecular weight is 303 g/mol. The van der Waals surface area contributed by atoms with Crippen molar-refractivity contribution in [2.45, 2.75) is 50.2 Å². The summed E-state index contributed by atoms with van der Waals surface area (Å²) < 4.78 is 5.48. The molecule has 1 aromatic carbocycles. The monoisotopic (exact) mass is 303 g/mol. The van der Waals surface area contributed by atoms with E-state index in [-0.39, 0.29) is 6.10 Å². The van der Waals surface area contributed by atoms with E-state index < -0.39 is 12.1 Å². The standard InChI is InChI=1S/C18H25NO3/c1-19-11-10-14(12-19)22-18(21)17(20)16-9-5-4-8-15(16)13-6-2-3-7-13/h4-5,8-9,13-14,17,20H,2-3,6-7,10-12H2,1H3/t14-,17-/m1/s1. The molecule has 4 heteroatoms. The quantitative estimate of drug-likeness (QED) is 0.869. The van der Waals surface area contributed by atoms with Crippen molar-refractivity contribution in [3.8, 4) is 0 Å². The van der Waals surface area contributed by atoms with Gasteiger partial charge in [0.15, 0.2) is 6.10 Å². The molecule has 4 nitrogen and oxygen atoms in total. The zero-order valence-corrected chi connectivity index (χ0v) is 13.2. The Morgan fingerprint density at radius 2 is 2.00 bits per heavy atom. The summed E-state index contributed by atoms with van der Waals surface area (Å²) in [7, 11) is 2.01. The normalized spacial score (nSPS) is 24.5. The first-order valence-corrected chi connectivity index (χ1v) is 8.31. The highest BCUT2D eigenvalue weighted by Gasteiger charge is 2.30. The van der Waals surface area contributed by atoms with E-state index in [1.165, 1.54) is 12.8 Å². The molecule has 2 atom stereocenters. The molecule has 1 aromatic rings. The fourth-order valence-corrected chi connectivity index (χ4v) is 3.71. The Labute approximate surface area is 132 Å². The smallest absolute Gasteiger partial charge is 0.339 e. The van der Waals surface area contributed by atoms with Crippen molar-refractivity contribution in [3.05, 3.63) is 35.4 Å². The van der Waals surface area contributed by atoms with Crippen molar-refractivity contribution in [2.75, 3.05) is 20.1 Å². The third-order valence-electron chi connectivity index (χ3n) is 4.94. The Kier molecular flexibility index (Phi) is 4.79. The number of aliphatic hydroxyl groups is 1. The van der Waals surface area contributed by atoms with Gasteiger partial charge < -0.3 is 14.7 Å². The molecule has 120 valence electrons. The minimum Gasteiger partial charge on any atom is -0.459 e. The van der Waals surface area contributed by atoms with Crippen LogP contribution in [-0.2, 0) is 9.53 Å². The number of hydrogen-bond donors (Lipinski definition) is 1. The molecule has 0 spiro atoms. The highest BCUT2D eigenvalue weighted by molar-refractivity contribution is 5.77. The third kappa shape index (κ3) is 3.33. The first-order valence-electron chi connectivity index (χ1n) is 8.31. The van der Waals surface area contributed by atoms with Crippen LogP contribution in [0.1, 0.15) is 55.3 Å². The molecule has 0 radical (unpaired) electrons. The molecule has 0 unspecified atom stereocenters. The van der Waals surface area contributed by atoms with Crippen LogP contribution in [0.4, 0.5) is 0 Å². The molecule has 3 rings (SSSR count). The van der Waals surface area contributed by atoms with Crippen molar-refractivity contribution < 1.29 is 14.6 Å². The van der Waals surface area contributed by atoms with Gasteiger partial charge in [0.25, 0.3) is 0 Å². The van der Waals surface area contributed by atoms with Crippen LogP contribution >= 0.6 is 0 Å². The van der Waals surface area contributed by atoms with Gasteiger partial charge in [0.1, 0.15) is 6.10 Å². The number of hydrogen-bond acceptors (Lipinski definition) is 4. The molecule has 0 amide bonds. The lowest BCUT2D eigenvalue weighted by atomic mass is 9.90. The second-order valence-corrected chi connectivity index (χ2v) is 6.62. The summed E-state index contributed by atoms with van der Waals surface area (Å²) in [5, 5.41) is 10.5. The van der Waals surface area contributed by atoms with Gasteiger partial charge in [-0.1, -0.05) is 37.1 Å². The minimum atomic E-state index is -1.16. The Bertz CT molecular complexity index is 525. The number of ether oxygens (including phenoxy) is 1. The van der Waals surface area contributed by atoms with Gasteiger partial charge in [0.05, 0.1) is 0 Å². The second-order valence-electron chi connectivity index (χ2n) is 6.62. The molecular weight excluding hydrogens is 278 g/mol. The van der Waals surface area contributed by atoms with Crippen LogP contribution in [0.5, 0.6) is 0 Å². The number of aliphatic hydroxyl groups excluding tert-OH is 1. The van der Waals surface area contributed by atoms with Gasteiger partial charge in [-0.3, -0.25) is 0 Å². The van der Waals surface area contributed by atoms with E-state index in [0.29, 0.717) is 5.92 Å². The Balaban J connectivity index is 1.71. The van der Waals surface area contributed by atoms with Crippen molar-refractivity contribution in [1.29, 1.82) is 0 Å². The summed E-state index contributed by atoms with van der Waals surface area (Å²) in [5.41, 5.74) is 1.85. The zero-order chi connectivity index (χ0) is 15.5. The van der Waals surface area contributed by atoms with Crippen LogP contribution < -0.4 is 0 Å². The van der Waals surface area contributed by atoms with Crippen LogP contribution in [0, 0.1) is 0 Å². The molecular formula is C18H25NO3. The van der Waals surface area contributed by atoms with Gasteiger partial charge in [-0.2, -0.15) is 0 Å². The van der Waals surface area contributed by atoms with Gasteiger partial charge in [-0.15, -0.1) is 0 Å². The minimum absolute atomic E-state index is 0.0919. The number of esters is 1. The average Bonchev–Trinajstić information content (AvgIpc) is 3.18. The predicted octanol–water partition coefficient (Wildman–Crippen LogP) is 2.62. The molecule has 2 aliphatic rings. The van der Waals surface area contributed by atoms with E-state index in [9.17, 15) is 9.90 Å². The second kappa shape index (κ2) is 6.80. The zero-order valence-electron chi connectivity index (χ0n) is 13.2. The molecule has 1 heterocycles. The molecule has 1 aliphatic carbocycles. The lowest BCUT2D eigenvalue weighted by Gasteiger charge is -2.20. The van der Waals surface area contributed by atoms with Crippen LogP contribution in [-0.4, -0.2) is 42.2 Å². The van der Waals surface area contributed by atoms with Crippen molar-refractivity contribution >= 4 is 5.97 Å². The summed E-state index contributed by atoms with van der Waals surface area (Å²) in [5.74, 6) is -0.0398. The largest absolute Gasteiger partial charge is 0.459 e. The number of nitrogens with zero attached hydrogens (tertiary/aromatic N) is 1. The molecule has 1 aliphatic heterocycles. The number of likely N-dealkylation sites (tertiary alicyclic amines) is 1. The Morgan fingerprint density at radius 3 is 2.68 bits per heavy atom. The molecule has 1 N–H and O–H groups in total. The molecule has 0 aromatic heterocycles. The van der Waals surface area contributed by atoms with Gasteiger partial charge in [-0.05, 0) is 43.4 Å². The van der Waals surface area contributed by atoms with E-state index in [1.807, 2.05) is 31.3 Å². The topological polar surface area (TPSA) is 49.8 Å². The van der Waals surface area contributed by atoms with E-state index in [1.54, 1.807) is 0 Å². The van der Waals surface area contributed by atoms with Crippen LogP contribution in [0.25, 0.3) is 0 Å². The van der Waals surface area contributed by atoms with Gasteiger partial charge in [-0.25, -0.2) is 4.79 Å². The number of likely N-dealkylation sites (N-methyl/N-ethyl adjacent to an activating group) is 1. The number of carbonyl (C=O) groups excluding carboxylic acids is 1. The molecule has 22 heavy (non-hydrogen) atoms. The Hall–Kier alpha value is -1.39. The summed E-state index contributed by atoms with van der Waals surface area (Å²) in [6, 6.07) is 7.78. The maximum atomic E-state index is 12.3. The van der Waals surface area contributed by atoms with Gasteiger partial charge in [0.2, 0.25) is 0 Å². The van der Waals surface area contributed by atoms with E-state index in [4.69, 9.17) is 4.74 Å². The summed E-state index contributed by atoms with van der Waals surface area (Å²) in [4.78, 5) is 14.4. The summed E-state index contributed by atoms with van der Waals surface area (Å²) in [6.07, 6.45) is 4.34. The highest BCUT2D eigenvalue weighted by atomic mass is 16.6. The SMILES string of the molecule is CN1CC[C@@H](OC(=O)[C@H](O)c2ccccc2C2CCCC2)C1. The van der Waals surface area contributed by atoms with Crippen molar-refractivity contribution in [1.82, 2.24) is 4.90 Å². The van der Waals surface area contributed by atoms with E-state index in [2.05, 4.69) is 4.90 Å². The van der Waals surface area contributed by atoms with Crippen molar-refractivity contribution in [3.63, 3.8) is 0 Å². The van der Waals surface area contributed by atoms with Crippen LogP contribution in [0.2, 0.25) is 0 Å². The maximum Gasteiger partial charge on any atom is 0.339 e. The van der Waals surface area contributed by atoms with Crippen LogP contribution in [0.15, 0.2) is 24.3 Å².